The van der Waals surface area contributed by atoms with Crippen LogP contribution in [0, 0.1) is 10.5 Å². The van der Waals surface area contributed by atoms with Crippen LogP contribution >= 0.6 is 22.6 Å². The van der Waals surface area contributed by atoms with Gasteiger partial charge in [0, 0.05) is 3.57 Å². The summed E-state index contributed by atoms with van der Waals surface area (Å²) in [6.07, 6.45) is -0.441. The van der Waals surface area contributed by atoms with Gasteiger partial charge in [-0.15, -0.1) is 0 Å². The third-order valence-electron chi connectivity index (χ3n) is 1.61. The summed E-state index contributed by atoms with van der Waals surface area (Å²) in [6, 6.07) is 5.72. The standard InChI is InChI=1S/C9H10INO2/c1-6-4-3-5-7(8(6)10)11-9(12)13-2/h3-5H,1-2H3,(H,11,12). The average Bonchev–Trinajstić information content (AvgIpc) is 2.13. The first kappa shape index (κ1) is 10.3. The smallest absolute Gasteiger partial charge is 0.411 e. The molecule has 70 valence electrons. The van der Waals surface area contributed by atoms with E-state index in [1.54, 1.807) is 0 Å². The largest absolute Gasteiger partial charge is 0.453 e. The first-order valence-electron chi connectivity index (χ1n) is 3.75. The first-order chi connectivity index (χ1) is 6.15. The van der Waals surface area contributed by atoms with Crippen LogP contribution in [0.25, 0.3) is 0 Å². The van der Waals surface area contributed by atoms with Crippen molar-refractivity contribution in [1.82, 2.24) is 0 Å². The van der Waals surface area contributed by atoms with E-state index < -0.39 is 6.09 Å². The van der Waals surface area contributed by atoms with E-state index in [4.69, 9.17) is 0 Å². The van der Waals surface area contributed by atoms with E-state index in [9.17, 15) is 4.79 Å². The predicted molar refractivity (Wildman–Crippen MR) is 59.9 cm³/mol. The molecule has 13 heavy (non-hydrogen) atoms. The van der Waals surface area contributed by atoms with E-state index in [-0.39, 0.29) is 0 Å². The summed E-state index contributed by atoms with van der Waals surface area (Å²) in [5.74, 6) is 0. The number of carbonyl (C=O) groups is 1. The predicted octanol–water partition coefficient (Wildman–Crippen LogP) is 2.78. The average molecular weight is 291 g/mol. The van der Waals surface area contributed by atoms with Crippen molar-refractivity contribution in [2.45, 2.75) is 6.92 Å². The van der Waals surface area contributed by atoms with Gasteiger partial charge in [0.05, 0.1) is 12.8 Å². The molecule has 0 aliphatic heterocycles. The Labute approximate surface area is 90.6 Å². The number of aryl methyl sites for hydroxylation is 1. The van der Waals surface area contributed by atoms with E-state index >= 15 is 0 Å². The third-order valence-corrected chi connectivity index (χ3v) is 3.05. The minimum Gasteiger partial charge on any atom is -0.453 e. The van der Waals surface area contributed by atoms with Gasteiger partial charge in [-0.25, -0.2) is 4.79 Å². The van der Waals surface area contributed by atoms with Crippen molar-refractivity contribution < 1.29 is 9.53 Å². The molecule has 1 amide bonds. The number of rotatable bonds is 1. The van der Waals surface area contributed by atoms with E-state index in [0.29, 0.717) is 0 Å². The summed E-state index contributed by atoms with van der Waals surface area (Å²) in [6.45, 7) is 1.99. The number of ether oxygens (including phenoxy) is 1. The lowest BCUT2D eigenvalue weighted by Gasteiger charge is -2.07. The highest BCUT2D eigenvalue weighted by molar-refractivity contribution is 14.1. The number of carbonyl (C=O) groups excluding carboxylic acids is 1. The number of benzene rings is 1. The molecule has 1 N–H and O–H groups in total. The maximum atomic E-state index is 10.9. The van der Waals surface area contributed by atoms with Gasteiger partial charge in [-0.05, 0) is 41.1 Å². The molecule has 0 heterocycles. The van der Waals surface area contributed by atoms with Gasteiger partial charge < -0.3 is 4.74 Å². The highest BCUT2D eigenvalue weighted by Crippen LogP contribution is 2.21. The van der Waals surface area contributed by atoms with Crippen LogP contribution in [0.2, 0.25) is 0 Å². The van der Waals surface area contributed by atoms with Crippen molar-refractivity contribution in [3.8, 4) is 0 Å². The van der Waals surface area contributed by atoms with E-state index in [2.05, 4.69) is 32.6 Å². The van der Waals surface area contributed by atoms with Crippen molar-refractivity contribution in [3.63, 3.8) is 0 Å². The Balaban J connectivity index is 2.89. The monoisotopic (exact) mass is 291 g/mol. The molecule has 3 nitrogen and oxygen atoms in total. The summed E-state index contributed by atoms with van der Waals surface area (Å²) in [5, 5.41) is 2.63. The van der Waals surface area contributed by atoms with E-state index in [1.165, 1.54) is 7.11 Å². The Morgan fingerprint density at radius 3 is 2.85 bits per heavy atom. The summed E-state index contributed by atoms with van der Waals surface area (Å²) in [4.78, 5) is 10.9. The minimum absolute atomic E-state index is 0.441. The van der Waals surface area contributed by atoms with Crippen molar-refractivity contribution in [2.75, 3.05) is 12.4 Å². The molecule has 0 fully saturated rings. The van der Waals surface area contributed by atoms with Gasteiger partial charge in [0.25, 0.3) is 0 Å². The summed E-state index contributed by atoms with van der Waals surface area (Å²) < 4.78 is 5.53. The molecule has 4 heteroatoms. The lowest BCUT2D eigenvalue weighted by Crippen LogP contribution is -2.12. The van der Waals surface area contributed by atoms with Crippen molar-refractivity contribution in [2.24, 2.45) is 0 Å². The molecule has 0 aliphatic carbocycles. The molecule has 0 aliphatic rings. The fourth-order valence-corrected chi connectivity index (χ4v) is 1.40. The lowest BCUT2D eigenvalue weighted by molar-refractivity contribution is 0.187. The Hall–Kier alpha value is -0.780. The highest BCUT2D eigenvalue weighted by Gasteiger charge is 2.05. The topological polar surface area (TPSA) is 38.3 Å². The van der Waals surface area contributed by atoms with Crippen LogP contribution in [0.4, 0.5) is 10.5 Å². The number of anilines is 1. The molecule has 0 bridgehead atoms. The molecule has 0 spiro atoms. The van der Waals surface area contributed by atoms with Gasteiger partial charge in [-0.3, -0.25) is 5.32 Å². The molecule has 0 saturated carbocycles. The van der Waals surface area contributed by atoms with Crippen LogP contribution in [0.1, 0.15) is 5.56 Å². The van der Waals surface area contributed by atoms with Gasteiger partial charge in [-0.1, -0.05) is 12.1 Å². The van der Waals surface area contributed by atoms with Gasteiger partial charge in [0.1, 0.15) is 0 Å². The Bertz CT molecular complexity index is 325. The molecule has 0 saturated heterocycles. The number of nitrogens with one attached hydrogen (secondary N) is 1. The van der Waals surface area contributed by atoms with Crippen LogP contribution in [0.5, 0.6) is 0 Å². The van der Waals surface area contributed by atoms with Crippen LogP contribution in [-0.2, 0) is 4.74 Å². The maximum Gasteiger partial charge on any atom is 0.411 e. The molecule has 1 aromatic rings. The maximum absolute atomic E-state index is 10.9. The SMILES string of the molecule is COC(=O)Nc1cccc(C)c1I. The molecular formula is C9H10INO2. The Kier molecular flexibility index (Phi) is 3.53. The van der Waals surface area contributed by atoms with E-state index in [0.717, 1.165) is 14.8 Å². The van der Waals surface area contributed by atoms with Crippen LogP contribution < -0.4 is 5.32 Å². The Morgan fingerprint density at radius 2 is 2.23 bits per heavy atom. The second-order valence-corrected chi connectivity index (χ2v) is 3.63. The van der Waals surface area contributed by atoms with Crippen molar-refractivity contribution in [1.29, 1.82) is 0 Å². The van der Waals surface area contributed by atoms with Gasteiger partial charge >= 0.3 is 6.09 Å². The molecule has 0 aromatic heterocycles. The summed E-state index contributed by atoms with van der Waals surface area (Å²) in [5.41, 5.74) is 1.92. The molecule has 0 radical (unpaired) electrons. The highest BCUT2D eigenvalue weighted by atomic mass is 127. The molecule has 0 atom stereocenters. The fourth-order valence-electron chi connectivity index (χ4n) is 0.905. The zero-order valence-electron chi connectivity index (χ0n) is 7.43. The van der Waals surface area contributed by atoms with Crippen LogP contribution in [0.3, 0.4) is 0 Å². The Morgan fingerprint density at radius 1 is 1.54 bits per heavy atom. The number of halogens is 1. The second kappa shape index (κ2) is 4.45. The fraction of sp³-hybridized carbons (Fsp3) is 0.222. The second-order valence-electron chi connectivity index (χ2n) is 2.55. The van der Waals surface area contributed by atoms with E-state index in [1.807, 2.05) is 25.1 Å². The van der Waals surface area contributed by atoms with Crippen molar-refractivity contribution in [3.05, 3.63) is 27.3 Å². The zero-order valence-corrected chi connectivity index (χ0v) is 9.58. The third kappa shape index (κ3) is 2.58. The van der Waals surface area contributed by atoms with Crippen LogP contribution in [-0.4, -0.2) is 13.2 Å². The van der Waals surface area contributed by atoms with Crippen LogP contribution in [0.15, 0.2) is 18.2 Å². The zero-order chi connectivity index (χ0) is 9.84. The molecule has 1 rings (SSSR count). The van der Waals surface area contributed by atoms with Gasteiger partial charge in [-0.2, -0.15) is 0 Å². The number of hydrogen-bond acceptors (Lipinski definition) is 2. The minimum atomic E-state index is -0.441. The lowest BCUT2D eigenvalue weighted by atomic mass is 10.2. The molecule has 1 aromatic carbocycles. The quantitative estimate of drug-likeness (QED) is 0.808. The first-order valence-corrected chi connectivity index (χ1v) is 4.83. The van der Waals surface area contributed by atoms with Gasteiger partial charge in [0.2, 0.25) is 0 Å². The molecule has 0 unspecified atom stereocenters. The summed E-state index contributed by atoms with van der Waals surface area (Å²) in [7, 11) is 1.35. The normalized spacial score (nSPS) is 9.46. The number of hydrogen-bond donors (Lipinski definition) is 1. The number of amides is 1. The van der Waals surface area contributed by atoms with Gasteiger partial charge in [0.15, 0.2) is 0 Å². The van der Waals surface area contributed by atoms with Crippen molar-refractivity contribution >= 4 is 34.4 Å². The summed E-state index contributed by atoms with van der Waals surface area (Å²) >= 11 is 2.18. The number of methoxy groups -OCH3 is 1. The molecular weight excluding hydrogens is 281 g/mol.